The lowest BCUT2D eigenvalue weighted by Crippen LogP contribution is -2.17. The van der Waals surface area contributed by atoms with Crippen molar-refractivity contribution < 1.29 is 0 Å². The number of aliphatic imine (C=N–C) groups is 1. The van der Waals surface area contributed by atoms with E-state index in [0.29, 0.717) is 11.4 Å². The Hall–Kier alpha value is -3.67. The highest BCUT2D eigenvalue weighted by Gasteiger charge is 2.10. The van der Waals surface area contributed by atoms with E-state index in [1.807, 2.05) is 73.7 Å². The van der Waals surface area contributed by atoms with Crippen LogP contribution in [0.15, 0.2) is 76.5 Å². The zero-order chi connectivity index (χ0) is 17.9. The molecule has 4 aromatic rings. The molecule has 0 unspecified atom stereocenters. The fraction of sp³-hybridized carbons (Fsp3) is 0.0500. The van der Waals surface area contributed by atoms with Gasteiger partial charge in [0.15, 0.2) is 5.82 Å². The van der Waals surface area contributed by atoms with Gasteiger partial charge in [-0.3, -0.25) is 15.0 Å². The lowest BCUT2D eigenvalue weighted by Gasteiger charge is -1.99. The lowest BCUT2D eigenvalue weighted by atomic mass is 10.2. The number of nitrogens with zero attached hydrogens (tertiary/aromatic N) is 3. The first kappa shape index (κ1) is 15.8. The Morgan fingerprint density at radius 2 is 1.73 bits per heavy atom. The summed E-state index contributed by atoms with van der Waals surface area (Å²) in [7, 11) is 0. The number of H-pyrrole nitrogens is 2. The first-order valence-electron chi connectivity index (χ1n) is 8.24. The van der Waals surface area contributed by atoms with Crippen LogP contribution in [0.3, 0.4) is 0 Å². The Labute approximate surface area is 149 Å². The average molecular weight is 343 g/mol. The van der Waals surface area contributed by atoms with Crippen molar-refractivity contribution >= 4 is 12.0 Å². The molecule has 0 spiro atoms. The van der Waals surface area contributed by atoms with Crippen molar-refractivity contribution in [3.8, 4) is 16.9 Å². The quantitative estimate of drug-likeness (QED) is 0.555. The largest absolute Gasteiger partial charge is 0.295 e. The number of aryl methyl sites for hydroxylation is 1. The molecule has 0 radical (unpaired) electrons. The number of nitrogens with one attached hydrogen (secondary N) is 2. The Morgan fingerprint density at radius 3 is 2.46 bits per heavy atom. The van der Waals surface area contributed by atoms with E-state index in [1.165, 1.54) is 4.68 Å². The highest BCUT2D eigenvalue weighted by Crippen LogP contribution is 2.20. The molecule has 0 aliphatic rings. The van der Waals surface area contributed by atoms with Gasteiger partial charge in [0, 0.05) is 18.0 Å². The zero-order valence-electron chi connectivity index (χ0n) is 14.2. The SMILES string of the molecule is Cc1[nH]n(-c2ccccc2)c(=O)c1C=Nc1cc(-c2ccccc2)[nH]n1. The van der Waals surface area contributed by atoms with E-state index >= 15 is 0 Å². The molecule has 0 aliphatic carbocycles. The average Bonchev–Trinajstić information content (AvgIpc) is 3.26. The smallest absolute Gasteiger partial charge is 0.280 e. The normalized spacial score (nSPS) is 11.3. The van der Waals surface area contributed by atoms with E-state index < -0.39 is 0 Å². The Bertz CT molecular complexity index is 1100. The van der Waals surface area contributed by atoms with Gasteiger partial charge in [0.2, 0.25) is 0 Å². The summed E-state index contributed by atoms with van der Waals surface area (Å²) in [5.41, 5.74) is 3.82. The van der Waals surface area contributed by atoms with Gasteiger partial charge in [0.1, 0.15) is 0 Å². The van der Waals surface area contributed by atoms with Gasteiger partial charge in [0.25, 0.3) is 5.56 Å². The number of rotatable bonds is 4. The number of hydrogen-bond acceptors (Lipinski definition) is 3. The molecule has 0 saturated carbocycles. The maximum atomic E-state index is 12.7. The molecule has 0 fully saturated rings. The van der Waals surface area contributed by atoms with Crippen LogP contribution >= 0.6 is 0 Å². The van der Waals surface area contributed by atoms with E-state index in [-0.39, 0.29) is 5.56 Å². The summed E-state index contributed by atoms with van der Waals surface area (Å²) in [6.45, 7) is 1.85. The third-order valence-corrected chi connectivity index (χ3v) is 4.11. The van der Waals surface area contributed by atoms with Crippen molar-refractivity contribution in [1.82, 2.24) is 20.0 Å². The minimum atomic E-state index is -0.142. The van der Waals surface area contributed by atoms with Gasteiger partial charge in [-0.2, -0.15) is 5.10 Å². The van der Waals surface area contributed by atoms with Crippen molar-refractivity contribution in [2.24, 2.45) is 4.99 Å². The first-order valence-corrected chi connectivity index (χ1v) is 8.24. The molecule has 2 aromatic carbocycles. The van der Waals surface area contributed by atoms with Crippen LogP contribution in [0, 0.1) is 6.92 Å². The van der Waals surface area contributed by atoms with Crippen LogP contribution in [0.2, 0.25) is 0 Å². The lowest BCUT2D eigenvalue weighted by molar-refractivity contribution is 0.835. The second-order valence-corrected chi connectivity index (χ2v) is 5.89. The van der Waals surface area contributed by atoms with Crippen LogP contribution in [0.4, 0.5) is 5.82 Å². The van der Waals surface area contributed by atoms with Crippen LogP contribution in [-0.2, 0) is 0 Å². The number of aromatic amines is 2. The number of aromatic nitrogens is 4. The van der Waals surface area contributed by atoms with Crippen LogP contribution in [0.25, 0.3) is 16.9 Å². The molecule has 6 heteroatoms. The summed E-state index contributed by atoms with van der Waals surface area (Å²) in [6.07, 6.45) is 1.55. The summed E-state index contributed by atoms with van der Waals surface area (Å²) in [4.78, 5) is 17.0. The molecule has 4 rings (SSSR count). The Balaban J connectivity index is 1.63. The van der Waals surface area contributed by atoms with Crippen molar-refractivity contribution in [3.63, 3.8) is 0 Å². The van der Waals surface area contributed by atoms with Crippen molar-refractivity contribution in [1.29, 1.82) is 0 Å². The third-order valence-electron chi connectivity index (χ3n) is 4.11. The van der Waals surface area contributed by atoms with Crippen LogP contribution in [0.5, 0.6) is 0 Å². The van der Waals surface area contributed by atoms with E-state index in [2.05, 4.69) is 20.3 Å². The predicted octanol–water partition coefficient (Wildman–Crippen LogP) is 3.61. The van der Waals surface area contributed by atoms with Gasteiger partial charge in [-0.1, -0.05) is 48.5 Å². The standard InChI is InChI=1S/C20H17N5O/c1-14-17(20(26)25(24-14)16-10-6-3-7-11-16)13-21-19-12-18(22-23-19)15-8-4-2-5-9-15/h2-13,24H,1H3,(H,22,23). The van der Waals surface area contributed by atoms with Crippen molar-refractivity contribution in [2.75, 3.05) is 0 Å². The number of hydrogen-bond donors (Lipinski definition) is 2. The van der Waals surface area contributed by atoms with Gasteiger partial charge in [-0.25, -0.2) is 9.67 Å². The van der Waals surface area contributed by atoms with Crippen molar-refractivity contribution in [2.45, 2.75) is 6.92 Å². The van der Waals surface area contributed by atoms with E-state index in [9.17, 15) is 4.79 Å². The van der Waals surface area contributed by atoms with Gasteiger partial charge in [0.05, 0.1) is 16.9 Å². The highest BCUT2D eigenvalue weighted by atomic mass is 16.1. The minimum absolute atomic E-state index is 0.142. The minimum Gasteiger partial charge on any atom is -0.295 e. The second-order valence-electron chi connectivity index (χ2n) is 5.89. The molecule has 128 valence electrons. The highest BCUT2D eigenvalue weighted by molar-refractivity contribution is 5.83. The van der Waals surface area contributed by atoms with Gasteiger partial charge >= 0.3 is 0 Å². The Morgan fingerprint density at radius 1 is 1.04 bits per heavy atom. The molecular formula is C20H17N5O. The molecule has 6 nitrogen and oxygen atoms in total. The zero-order valence-corrected chi connectivity index (χ0v) is 14.2. The summed E-state index contributed by atoms with van der Waals surface area (Å²) in [5, 5.41) is 10.2. The molecule has 2 aromatic heterocycles. The maximum absolute atomic E-state index is 12.7. The molecule has 0 amide bonds. The number of para-hydroxylation sites is 1. The maximum Gasteiger partial charge on any atom is 0.280 e. The second kappa shape index (κ2) is 6.68. The summed E-state index contributed by atoms with van der Waals surface area (Å²) in [5.74, 6) is 0.523. The Kier molecular flexibility index (Phi) is 4.07. The summed E-state index contributed by atoms with van der Waals surface area (Å²) in [6, 6.07) is 21.2. The van der Waals surface area contributed by atoms with Crippen LogP contribution in [0.1, 0.15) is 11.3 Å². The monoisotopic (exact) mass is 343 g/mol. The molecule has 26 heavy (non-hydrogen) atoms. The molecule has 0 saturated heterocycles. The van der Waals surface area contributed by atoms with Gasteiger partial charge in [-0.15, -0.1) is 0 Å². The van der Waals surface area contributed by atoms with Crippen LogP contribution < -0.4 is 5.56 Å². The molecular weight excluding hydrogens is 326 g/mol. The molecule has 0 atom stereocenters. The first-order chi connectivity index (χ1) is 12.7. The summed E-state index contributed by atoms with van der Waals surface area (Å²) < 4.78 is 1.51. The fourth-order valence-corrected chi connectivity index (χ4v) is 2.74. The topological polar surface area (TPSA) is 78.8 Å². The van der Waals surface area contributed by atoms with Crippen LogP contribution in [-0.4, -0.2) is 26.2 Å². The van der Waals surface area contributed by atoms with Crippen molar-refractivity contribution in [3.05, 3.63) is 88.3 Å². The van der Waals surface area contributed by atoms with Gasteiger partial charge in [-0.05, 0) is 24.6 Å². The number of benzene rings is 2. The summed E-state index contributed by atoms with van der Waals surface area (Å²) >= 11 is 0. The molecule has 0 aliphatic heterocycles. The molecule has 2 heterocycles. The van der Waals surface area contributed by atoms with E-state index in [0.717, 1.165) is 22.6 Å². The van der Waals surface area contributed by atoms with E-state index in [1.54, 1.807) is 6.21 Å². The third kappa shape index (κ3) is 3.00. The van der Waals surface area contributed by atoms with Gasteiger partial charge < -0.3 is 0 Å². The van der Waals surface area contributed by atoms with E-state index in [4.69, 9.17) is 0 Å². The fourth-order valence-electron chi connectivity index (χ4n) is 2.74. The molecule has 2 N–H and O–H groups in total. The molecule has 0 bridgehead atoms. The predicted molar refractivity (Wildman–Crippen MR) is 102 cm³/mol.